The minimum atomic E-state index is -0.329. The van der Waals surface area contributed by atoms with Crippen molar-refractivity contribution < 1.29 is 9.31 Å². The van der Waals surface area contributed by atoms with Crippen LogP contribution in [0.1, 0.15) is 33.3 Å². The third-order valence-corrected chi connectivity index (χ3v) is 7.04. The SMILES string of the molecule is CC1(C)OB(c2ccc(C[N+](C)(C)c3ccc(N(CCCl)CCCl)cc3)cc2)OC1(C)C. The number of benzene rings is 2. The number of halogens is 2. The van der Waals surface area contributed by atoms with Crippen molar-refractivity contribution in [1.82, 2.24) is 4.48 Å². The summed E-state index contributed by atoms with van der Waals surface area (Å²) in [6.45, 7) is 10.8. The maximum Gasteiger partial charge on any atom is 0.494 e. The van der Waals surface area contributed by atoms with Crippen LogP contribution in [-0.2, 0) is 15.9 Å². The van der Waals surface area contributed by atoms with E-state index in [9.17, 15) is 0 Å². The Morgan fingerprint density at radius 3 is 1.78 bits per heavy atom. The molecule has 1 aliphatic heterocycles. The summed E-state index contributed by atoms with van der Waals surface area (Å²) in [5.41, 5.74) is 4.07. The van der Waals surface area contributed by atoms with Gasteiger partial charge in [-0.1, -0.05) is 24.3 Å². The van der Waals surface area contributed by atoms with Crippen molar-refractivity contribution in [1.29, 1.82) is 0 Å². The van der Waals surface area contributed by atoms with Crippen molar-refractivity contribution in [2.24, 2.45) is 0 Å². The molecule has 0 bridgehead atoms. The van der Waals surface area contributed by atoms with E-state index in [1.54, 1.807) is 0 Å². The average molecular weight is 478 g/mol. The third kappa shape index (κ3) is 5.63. The van der Waals surface area contributed by atoms with Crippen LogP contribution in [0.5, 0.6) is 0 Å². The second-order valence-electron chi connectivity index (χ2n) is 10.1. The highest BCUT2D eigenvalue weighted by Crippen LogP contribution is 2.36. The molecule has 1 fully saturated rings. The molecule has 0 aliphatic carbocycles. The predicted octanol–water partition coefficient (Wildman–Crippen LogP) is 5.04. The number of rotatable bonds is 9. The summed E-state index contributed by atoms with van der Waals surface area (Å²) in [6, 6.07) is 17.3. The van der Waals surface area contributed by atoms with E-state index in [-0.39, 0.29) is 18.3 Å². The highest BCUT2D eigenvalue weighted by Gasteiger charge is 2.51. The first-order valence-corrected chi connectivity index (χ1v) is 12.3. The van der Waals surface area contributed by atoms with E-state index in [4.69, 9.17) is 32.5 Å². The van der Waals surface area contributed by atoms with Crippen molar-refractivity contribution in [3.63, 3.8) is 0 Å². The van der Waals surface area contributed by atoms with Crippen LogP contribution >= 0.6 is 23.2 Å². The molecule has 174 valence electrons. The fraction of sp³-hybridized carbons (Fsp3) is 0.520. The molecule has 7 heteroatoms. The fourth-order valence-corrected chi connectivity index (χ4v) is 4.36. The lowest BCUT2D eigenvalue weighted by Crippen LogP contribution is -2.41. The van der Waals surface area contributed by atoms with E-state index in [2.05, 4.69) is 95.2 Å². The molecule has 0 saturated carbocycles. The highest BCUT2D eigenvalue weighted by molar-refractivity contribution is 6.62. The van der Waals surface area contributed by atoms with Gasteiger partial charge in [-0.25, -0.2) is 0 Å². The minimum absolute atomic E-state index is 0.326. The molecule has 1 aliphatic rings. The molecule has 1 saturated heterocycles. The van der Waals surface area contributed by atoms with Crippen LogP contribution in [0.4, 0.5) is 11.4 Å². The number of hydrogen-bond acceptors (Lipinski definition) is 3. The number of alkyl halides is 2. The zero-order chi connectivity index (χ0) is 23.6. The van der Waals surface area contributed by atoms with Gasteiger partial charge in [-0.2, -0.15) is 0 Å². The number of hydrogen-bond donors (Lipinski definition) is 0. The lowest BCUT2D eigenvalue weighted by Gasteiger charge is -2.32. The van der Waals surface area contributed by atoms with Crippen molar-refractivity contribution in [3.8, 4) is 0 Å². The molecule has 0 radical (unpaired) electrons. The Balaban J connectivity index is 1.69. The predicted molar refractivity (Wildman–Crippen MR) is 140 cm³/mol. The van der Waals surface area contributed by atoms with Crippen molar-refractivity contribution in [2.75, 3.05) is 43.8 Å². The van der Waals surface area contributed by atoms with Crippen LogP contribution < -0.4 is 14.8 Å². The molecule has 32 heavy (non-hydrogen) atoms. The largest absolute Gasteiger partial charge is 0.494 e. The summed E-state index contributed by atoms with van der Waals surface area (Å²) in [4.78, 5) is 2.22. The van der Waals surface area contributed by atoms with Gasteiger partial charge in [0, 0.05) is 48.2 Å². The standard InChI is InChI=1S/C25H36BCl2N2O2/c1-24(2)25(3,4)32-26(31-24)21-9-7-20(8-10-21)19-30(5,6)23-13-11-22(12-14-23)29(17-15-27)18-16-28/h7-14H,15-19H2,1-6H3/q+1. The van der Waals surface area contributed by atoms with Crippen LogP contribution in [0.3, 0.4) is 0 Å². The molecular weight excluding hydrogens is 442 g/mol. The Kier molecular flexibility index (Phi) is 7.89. The zero-order valence-corrected chi connectivity index (χ0v) is 21.7. The van der Waals surface area contributed by atoms with E-state index in [0.29, 0.717) is 11.8 Å². The normalized spacial score (nSPS) is 17.6. The van der Waals surface area contributed by atoms with Gasteiger partial charge in [-0.3, -0.25) is 4.48 Å². The lowest BCUT2D eigenvalue weighted by atomic mass is 9.79. The van der Waals surface area contributed by atoms with Crippen LogP contribution in [0.2, 0.25) is 0 Å². The average Bonchev–Trinajstić information content (AvgIpc) is 2.95. The summed E-state index contributed by atoms with van der Waals surface area (Å²) in [5, 5.41) is 0. The van der Waals surface area contributed by atoms with E-state index in [0.717, 1.165) is 35.3 Å². The zero-order valence-electron chi connectivity index (χ0n) is 20.2. The Bertz CT molecular complexity index is 864. The first-order chi connectivity index (χ1) is 15.0. The number of anilines is 1. The Morgan fingerprint density at radius 2 is 1.31 bits per heavy atom. The molecule has 0 spiro atoms. The lowest BCUT2D eigenvalue weighted by molar-refractivity contribution is 0.00578. The summed E-state index contributed by atoms with van der Waals surface area (Å²) in [5.74, 6) is 1.17. The first-order valence-electron chi connectivity index (χ1n) is 11.2. The molecule has 4 nitrogen and oxygen atoms in total. The molecule has 3 rings (SSSR count). The Hall–Kier alpha value is -1.24. The van der Waals surface area contributed by atoms with Crippen molar-refractivity contribution >= 4 is 47.2 Å². The second kappa shape index (κ2) is 9.94. The fourth-order valence-electron chi connectivity index (χ4n) is 3.95. The summed E-state index contributed by atoms with van der Waals surface area (Å²) in [6.07, 6.45) is 0. The number of nitrogens with zero attached hydrogens (tertiary/aromatic N) is 2. The molecular formula is C25H36BCl2N2O2+. The van der Waals surface area contributed by atoms with Gasteiger partial charge >= 0.3 is 7.12 Å². The van der Waals surface area contributed by atoms with Gasteiger partial charge in [0.25, 0.3) is 0 Å². The van der Waals surface area contributed by atoms with Crippen molar-refractivity contribution in [2.45, 2.75) is 45.4 Å². The van der Waals surface area contributed by atoms with Gasteiger partial charge in [0.15, 0.2) is 0 Å². The van der Waals surface area contributed by atoms with E-state index in [1.165, 1.54) is 11.3 Å². The molecule has 0 amide bonds. The van der Waals surface area contributed by atoms with E-state index < -0.39 is 0 Å². The topological polar surface area (TPSA) is 21.7 Å². The third-order valence-electron chi connectivity index (χ3n) is 6.71. The monoisotopic (exact) mass is 477 g/mol. The molecule has 1 heterocycles. The van der Waals surface area contributed by atoms with Gasteiger partial charge < -0.3 is 14.2 Å². The number of quaternary nitrogens is 1. The molecule has 0 N–H and O–H groups in total. The van der Waals surface area contributed by atoms with Crippen LogP contribution in [0, 0.1) is 0 Å². The van der Waals surface area contributed by atoms with Gasteiger partial charge in [-0.05, 0) is 45.3 Å². The van der Waals surface area contributed by atoms with Crippen molar-refractivity contribution in [3.05, 3.63) is 54.1 Å². The summed E-state index contributed by atoms with van der Waals surface area (Å²) < 4.78 is 13.1. The minimum Gasteiger partial charge on any atom is -0.399 e. The molecule has 2 aromatic carbocycles. The van der Waals surface area contributed by atoms with Gasteiger partial charge in [-0.15, -0.1) is 23.2 Å². The molecule has 0 aromatic heterocycles. The first kappa shape index (κ1) is 25.4. The Morgan fingerprint density at radius 1 is 0.812 bits per heavy atom. The van der Waals surface area contributed by atoms with Gasteiger partial charge in [0.05, 0.1) is 25.3 Å². The maximum atomic E-state index is 6.18. The van der Waals surface area contributed by atoms with Crippen LogP contribution in [0.25, 0.3) is 0 Å². The second-order valence-corrected chi connectivity index (χ2v) is 10.8. The van der Waals surface area contributed by atoms with E-state index in [1.807, 2.05) is 0 Å². The van der Waals surface area contributed by atoms with Crippen LogP contribution in [0.15, 0.2) is 48.5 Å². The van der Waals surface area contributed by atoms with Gasteiger partial charge in [0.2, 0.25) is 0 Å². The van der Waals surface area contributed by atoms with E-state index >= 15 is 0 Å². The molecule has 2 aromatic rings. The quantitative estimate of drug-likeness (QED) is 0.287. The molecule has 0 atom stereocenters. The van der Waals surface area contributed by atoms with Crippen LogP contribution in [-0.4, -0.2) is 57.3 Å². The summed E-state index contributed by atoms with van der Waals surface area (Å²) in [7, 11) is 4.13. The Labute approximate surface area is 204 Å². The summed E-state index contributed by atoms with van der Waals surface area (Å²) >= 11 is 11.9. The smallest absolute Gasteiger partial charge is 0.399 e. The molecule has 0 unspecified atom stereocenters. The van der Waals surface area contributed by atoms with Gasteiger partial charge in [0.1, 0.15) is 12.2 Å². The maximum absolute atomic E-state index is 6.18. The highest BCUT2D eigenvalue weighted by atomic mass is 35.5.